The Morgan fingerprint density at radius 2 is 1.62 bits per heavy atom. The van der Waals surface area contributed by atoms with E-state index in [1.54, 1.807) is 26.2 Å². The summed E-state index contributed by atoms with van der Waals surface area (Å²) < 4.78 is 10.7. The molecule has 1 fully saturated rings. The molecule has 1 saturated heterocycles. The van der Waals surface area contributed by atoms with E-state index in [4.69, 9.17) is 9.47 Å². The molecule has 0 unspecified atom stereocenters. The SMILES string of the molecule is COc1ccc(/C=C2\Sc3ccc(C(=O)N4CCN(c5ccccc5)CC4)cc3N(C)C2=O)cc1OC. The number of ether oxygens (including phenoxy) is 2. The molecule has 0 aliphatic carbocycles. The maximum Gasteiger partial charge on any atom is 0.264 e. The molecule has 0 saturated carbocycles. The van der Waals surface area contributed by atoms with Crippen molar-refractivity contribution in [1.82, 2.24) is 4.90 Å². The standard InChI is InChI=1S/C29H29N3O4S/c1-30-23-19-21(28(33)32-15-13-31(14-16-32)22-7-5-4-6-8-22)10-12-26(23)37-27(29(30)34)18-20-9-11-24(35-2)25(17-20)36-3/h4-12,17-19H,13-16H2,1-3H3/b27-18-. The van der Waals surface area contributed by atoms with Crippen LogP contribution in [0.4, 0.5) is 11.4 Å². The number of hydrogen-bond acceptors (Lipinski definition) is 6. The predicted octanol–water partition coefficient (Wildman–Crippen LogP) is 4.78. The molecular formula is C29H29N3O4S. The zero-order chi connectivity index (χ0) is 25.9. The Labute approximate surface area is 221 Å². The van der Waals surface area contributed by atoms with E-state index in [0.29, 0.717) is 35.1 Å². The summed E-state index contributed by atoms with van der Waals surface area (Å²) in [7, 11) is 4.92. The highest BCUT2D eigenvalue weighted by atomic mass is 32.2. The fourth-order valence-electron chi connectivity index (χ4n) is 4.61. The predicted molar refractivity (Wildman–Crippen MR) is 148 cm³/mol. The molecule has 0 aromatic heterocycles. The first-order chi connectivity index (χ1) is 18.0. The molecule has 5 rings (SSSR count). The summed E-state index contributed by atoms with van der Waals surface area (Å²) in [6.45, 7) is 2.90. The second-order valence-electron chi connectivity index (χ2n) is 8.89. The lowest BCUT2D eigenvalue weighted by atomic mass is 10.1. The van der Waals surface area contributed by atoms with Gasteiger partial charge in [-0.25, -0.2) is 0 Å². The number of hydrogen-bond donors (Lipinski definition) is 0. The van der Waals surface area contributed by atoms with Crippen molar-refractivity contribution in [2.45, 2.75) is 4.90 Å². The lowest BCUT2D eigenvalue weighted by Crippen LogP contribution is -2.48. The van der Waals surface area contributed by atoms with E-state index in [-0.39, 0.29) is 11.8 Å². The maximum atomic E-state index is 13.3. The third kappa shape index (κ3) is 5.02. The first-order valence-electron chi connectivity index (χ1n) is 12.1. The quantitative estimate of drug-likeness (QED) is 0.456. The fraction of sp³-hybridized carbons (Fsp3) is 0.241. The van der Waals surface area contributed by atoms with Crippen LogP contribution in [0.15, 0.2) is 76.5 Å². The zero-order valence-corrected chi connectivity index (χ0v) is 22.0. The maximum absolute atomic E-state index is 13.3. The van der Waals surface area contributed by atoms with E-state index in [1.165, 1.54) is 17.4 Å². The van der Waals surface area contributed by atoms with Crippen molar-refractivity contribution in [3.8, 4) is 11.5 Å². The van der Waals surface area contributed by atoms with Crippen molar-refractivity contribution in [3.05, 3.63) is 82.8 Å². The van der Waals surface area contributed by atoms with Crippen molar-refractivity contribution in [2.75, 3.05) is 57.2 Å². The molecule has 0 N–H and O–H groups in total. The Morgan fingerprint density at radius 1 is 0.892 bits per heavy atom. The van der Waals surface area contributed by atoms with Crippen LogP contribution in [0.25, 0.3) is 6.08 Å². The van der Waals surface area contributed by atoms with Gasteiger partial charge in [0.15, 0.2) is 11.5 Å². The highest BCUT2D eigenvalue weighted by molar-refractivity contribution is 8.04. The van der Waals surface area contributed by atoms with Crippen LogP contribution < -0.4 is 19.3 Å². The number of benzene rings is 3. The topological polar surface area (TPSA) is 62.3 Å². The van der Waals surface area contributed by atoms with Crippen molar-refractivity contribution in [3.63, 3.8) is 0 Å². The molecule has 37 heavy (non-hydrogen) atoms. The highest BCUT2D eigenvalue weighted by Crippen LogP contribution is 2.42. The van der Waals surface area contributed by atoms with Gasteiger partial charge in [0.05, 0.1) is 24.8 Å². The number of carbonyl (C=O) groups excluding carboxylic acids is 2. The zero-order valence-electron chi connectivity index (χ0n) is 21.1. The van der Waals surface area contributed by atoms with E-state index in [2.05, 4.69) is 17.0 Å². The van der Waals surface area contributed by atoms with Crippen molar-refractivity contribution >= 4 is 41.0 Å². The van der Waals surface area contributed by atoms with Crippen LogP contribution in [0.1, 0.15) is 15.9 Å². The van der Waals surface area contributed by atoms with Gasteiger partial charge in [0.2, 0.25) is 0 Å². The van der Waals surface area contributed by atoms with Gasteiger partial charge in [-0.3, -0.25) is 9.59 Å². The van der Waals surface area contributed by atoms with Gasteiger partial charge in [-0.15, -0.1) is 0 Å². The summed E-state index contributed by atoms with van der Waals surface area (Å²) in [6.07, 6.45) is 1.85. The Hall–Kier alpha value is -3.91. The van der Waals surface area contributed by atoms with Crippen LogP contribution >= 0.6 is 11.8 Å². The number of carbonyl (C=O) groups is 2. The fourth-order valence-corrected chi connectivity index (χ4v) is 5.70. The summed E-state index contributed by atoms with van der Waals surface area (Å²) in [5.74, 6) is 1.11. The van der Waals surface area contributed by atoms with Gasteiger partial charge in [0.1, 0.15) is 0 Å². The number of likely N-dealkylation sites (N-methyl/N-ethyl adjacent to an activating group) is 1. The van der Waals surface area contributed by atoms with Crippen LogP contribution in [-0.2, 0) is 4.79 Å². The molecule has 2 aliphatic rings. The summed E-state index contributed by atoms with van der Waals surface area (Å²) >= 11 is 1.41. The largest absolute Gasteiger partial charge is 0.493 e. The number of anilines is 2. The summed E-state index contributed by atoms with van der Waals surface area (Å²) in [4.78, 5) is 33.8. The van der Waals surface area contributed by atoms with Gasteiger partial charge < -0.3 is 24.2 Å². The van der Waals surface area contributed by atoms with Crippen molar-refractivity contribution in [1.29, 1.82) is 0 Å². The van der Waals surface area contributed by atoms with Gasteiger partial charge in [-0.1, -0.05) is 36.0 Å². The Kier molecular flexibility index (Phi) is 7.10. The third-order valence-electron chi connectivity index (χ3n) is 6.70. The van der Waals surface area contributed by atoms with Gasteiger partial charge >= 0.3 is 0 Å². The molecule has 0 bridgehead atoms. The molecule has 2 amide bonds. The monoisotopic (exact) mass is 515 g/mol. The molecule has 7 nitrogen and oxygen atoms in total. The third-order valence-corrected chi connectivity index (χ3v) is 7.77. The number of rotatable bonds is 5. The number of nitrogens with zero attached hydrogens (tertiary/aromatic N) is 3. The summed E-state index contributed by atoms with van der Waals surface area (Å²) in [5, 5.41) is 0. The van der Waals surface area contributed by atoms with E-state index < -0.39 is 0 Å². The number of methoxy groups -OCH3 is 2. The van der Waals surface area contributed by atoms with Gasteiger partial charge in [-0.05, 0) is 54.1 Å². The first kappa shape index (κ1) is 24.8. The molecule has 3 aromatic rings. The lowest BCUT2D eigenvalue weighted by Gasteiger charge is -2.36. The average molecular weight is 516 g/mol. The molecule has 2 aliphatic heterocycles. The minimum atomic E-state index is -0.117. The number of para-hydroxylation sites is 1. The van der Waals surface area contributed by atoms with Crippen molar-refractivity contribution in [2.24, 2.45) is 0 Å². The Balaban J connectivity index is 1.32. The van der Waals surface area contributed by atoms with Gasteiger partial charge in [-0.2, -0.15) is 0 Å². The van der Waals surface area contributed by atoms with Gasteiger partial charge in [0, 0.05) is 49.4 Å². The van der Waals surface area contributed by atoms with E-state index in [9.17, 15) is 9.59 Å². The minimum Gasteiger partial charge on any atom is -0.493 e. The molecular weight excluding hydrogens is 486 g/mol. The minimum absolute atomic E-state index is 0.00646. The molecule has 3 aromatic carbocycles. The van der Waals surface area contributed by atoms with Crippen LogP contribution in [0.5, 0.6) is 11.5 Å². The van der Waals surface area contributed by atoms with E-state index in [0.717, 1.165) is 29.2 Å². The van der Waals surface area contributed by atoms with Crippen LogP contribution in [-0.4, -0.2) is 64.2 Å². The summed E-state index contributed by atoms with van der Waals surface area (Å²) in [5.41, 5.74) is 3.36. The molecule has 0 radical (unpaired) electrons. The first-order valence-corrected chi connectivity index (χ1v) is 12.9. The van der Waals surface area contributed by atoms with Crippen LogP contribution in [0.2, 0.25) is 0 Å². The number of fused-ring (bicyclic) bond motifs is 1. The molecule has 0 spiro atoms. The Bertz CT molecular complexity index is 1350. The highest BCUT2D eigenvalue weighted by Gasteiger charge is 2.29. The van der Waals surface area contributed by atoms with Crippen molar-refractivity contribution < 1.29 is 19.1 Å². The molecule has 2 heterocycles. The van der Waals surface area contributed by atoms with E-state index in [1.807, 2.05) is 65.6 Å². The molecule has 0 atom stereocenters. The van der Waals surface area contributed by atoms with Crippen LogP contribution in [0, 0.1) is 0 Å². The van der Waals surface area contributed by atoms with Crippen LogP contribution in [0.3, 0.4) is 0 Å². The number of piperazine rings is 1. The summed E-state index contributed by atoms with van der Waals surface area (Å²) in [6, 6.07) is 21.4. The normalized spacial score (nSPS) is 16.6. The molecule has 8 heteroatoms. The average Bonchev–Trinajstić information content (AvgIpc) is 2.95. The smallest absolute Gasteiger partial charge is 0.264 e. The van der Waals surface area contributed by atoms with E-state index >= 15 is 0 Å². The second-order valence-corrected chi connectivity index (χ2v) is 9.97. The van der Waals surface area contributed by atoms with Gasteiger partial charge in [0.25, 0.3) is 11.8 Å². The number of amides is 2. The molecule has 190 valence electrons. The second kappa shape index (κ2) is 10.6. The number of thioether (sulfide) groups is 1. The lowest BCUT2D eigenvalue weighted by molar-refractivity contribution is -0.114. The Morgan fingerprint density at radius 3 is 2.32 bits per heavy atom.